The van der Waals surface area contributed by atoms with Gasteiger partial charge >= 0.3 is 16.5 Å². The number of carbonyl (C=O) groups excluding carboxylic acids is 1. The lowest BCUT2D eigenvalue weighted by Gasteiger charge is -2.15. The van der Waals surface area contributed by atoms with E-state index in [0.29, 0.717) is 17.8 Å². The monoisotopic (exact) mass is 524 g/mol. The Hall–Kier alpha value is -3.36. The van der Waals surface area contributed by atoms with Gasteiger partial charge < -0.3 is 5.32 Å². The van der Waals surface area contributed by atoms with E-state index in [1.54, 1.807) is 6.20 Å². The Morgan fingerprint density at radius 3 is 2.64 bits per heavy atom. The van der Waals surface area contributed by atoms with Crippen molar-refractivity contribution in [3.8, 4) is 0 Å². The third kappa shape index (κ3) is 6.65. The number of alkyl halides is 3. The quantitative estimate of drug-likeness (QED) is 0.407. The van der Waals surface area contributed by atoms with Gasteiger partial charge in [-0.2, -0.15) is 26.7 Å². The summed E-state index contributed by atoms with van der Waals surface area (Å²) in [7, 11) is -4.00. The van der Waals surface area contributed by atoms with Crippen LogP contribution in [-0.2, 0) is 27.2 Å². The Bertz CT molecular complexity index is 1330. The lowest BCUT2D eigenvalue weighted by molar-refractivity contribution is -0.137. The van der Waals surface area contributed by atoms with Crippen LogP contribution < -0.4 is 10.5 Å². The predicted octanol–water partition coefficient (Wildman–Crippen LogP) is 2.77. The number of nitrogens with zero attached hydrogens (tertiary/aromatic N) is 4. The molecule has 10 nitrogen and oxygen atoms in total. The number of nitrogens with two attached hydrogens (primary N) is 1. The smallest absolute Gasteiger partial charge is 0.367 e. The fourth-order valence-corrected chi connectivity index (χ4v) is 4.43. The zero-order valence-electron chi connectivity index (χ0n) is 18.9. The minimum absolute atomic E-state index is 0.0110. The summed E-state index contributed by atoms with van der Waals surface area (Å²) in [6, 6.07) is 6.18. The van der Waals surface area contributed by atoms with Gasteiger partial charge in [0.1, 0.15) is 17.8 Å². The normalized spacial score (nSPS) is 18.3. The molecule has 0 bridgehead atoms. The van der Waals surface area contributed by atoms with Gasteiger partial charge in [-0.3, -0.25) is 13.7 Å². The molecule has 0 aliphatic heterocycles. The number of carbonyl (C=O) groups is 1. The van der Waals surface area contributed by atoms with Crippen molar-refractivity contribution in [3.05, 3.63) is 71.4 Å². The first kappa shape index (κ1) is 25.7. The van der Waals surface area contributed by atoms with Crippen molar-refractivity contribution in [2.75, 3.05) is 11.9 Å². The molecule has 3 N–H and O–H groups in total. The number of anilines is 1. The molecule has 0 amide bonds. The fourth-order valence-electron chi connectivity index (χ4n) is 4.05. The maximum atomic E-state index is 13.1. The molecule has 4 rings (SSSR count). The van der Waals surface area contributed by atoms with Crippen LogP contribution in [0.15, 0.2) is 49.1 Å². The van der Waals surface area contributed by atoms with Crippen molar-refractivity contribution in [1.82, 2.24) is 19.7 Å². The highest BCUT2D eigenvalue weighted by atomic mass is 32.2. The molecule has 1 aromatic carbocycles. The summed E-state index contributed by atoms with van der Waals surface area (Å²) < 4.78 is 66.4. The standard InChI is InChI=1S/C22H23F3N6O4S/c23-22(24,25)16-4-1-14(2-5-16)11-31-8-7-19(30-31)20(32)18-10-27-13-28-21(18)29-17-6-3-15(9-17)12-35-36(26,33)34/h1-2,4-5,7-8,10,13,15,17H,3,6,9,11-12H2,(H2,26,33,34)(H,27,28,29). The number of hydrogen-bond donors (Lipinski definition) is 2. The summed E-state index contributed by atoms with van der Waals surface area (Å²) in [6.45, 7) is 0.175. The van der Waals surface area contributed by atoms with Crippen LogP contribution in [0.5, 0.6) is 0 Å². The molecule has 0 spiro atoms. The number of nitrogens with one attached hydrogen (secondary N) is 1. The molecule has 192 valence electrons. The second kappa shape index (κ2) is 10.3. The highest BCUT2D eigenvalue weighted by molar-refractivity contribution is 7.84. The molecule has 2 atom stereocenters. The third-order valence-electron chi connectivity index (χ3n) is 5.81. The molecule has 0 radical (unpaired) electrons. The highest BCUT2D eigenvalue weighted by Crippen LogP contribution is 2.30. The Morgan fingerprint density at radius 1 is 1.19 bits per heavy atom. The number of aromatic nitrogens is 4. The topological polar surface area (TPSA) is 142 Å². The van der Waals surface area contributed by atoms with Crippen LogP contribution in [0, 0.1) is 5.92 Å². The predicted molar refractivity (Wildman–Crippen MR) is 122 cm³/mol. The van der Waals surface area contributed by atoms with Gasteiger partial charge in [0.2, 0.25) is 5.78 Å². The van der Waals surface area contributed by atoms with Gasteiger partial charge in [0.15, 0.2) is 0 Å². The van der Waals surface area contributed by atoms with E-state index in [0.717, 1.165) is 25.0 Å². The van der Waals surface area contributed by atoms with Crippen molar-refractivity contribution in [2.45, 2.75) is 38.0 Å². The van der Waals surface area contributed by atoms with Crippen molar-refractivity contribution in [3.63, 3.8) is 0 Å². The van der Waals surface area contributed by atoms with Crippen molar-refractivity contribution >= 4 is 21.9 Å². The zero-order valence-corrected chi connectivity index (χ0v) is 19.7. The molecular weight excluding hydrogens is 501 g/mol. The number of ketones is 1. The Kier molecular flexibility index (Phi) is 7.38. The average molecular weight is 525 g/mol. The molecule has 1 fully saturated rings. The second-order valence-electron chi connectivity index (χ2n) is 8.51. The molecule has 1 aliphatic carbocycles. The van der Waals surface area contributed by atoms with Crippen molar-refractivity contribution in [1.29, 1.82) is 0 Å². The van der Waals surface area contributed by atoms with Gasteiger partial charge in [0.25, 0.3) is 0 Å². The first-order valence-electron chi connectivity index (χ1n) is 11.0. The maximum absolute atomic E-state index is 13.1. The molecular formula is C22H23F3N6O4S. The summed E-state index contributed by atoms with van der Waals surface area (Å²) in [5.41, 5.74) is 0.196. The van der Waals surface area contributed by atoms with Crippen LogP contribution in [0.1, 0.15) is 46.4 Å². The van der Waals surface area contributed by atoms with Crippen molar-refractivity contribution < 1.29 is 30.6 Å². The first-order valence-corrected chi connectivity index (χ1v) is 12.4. The van der Waals surface area contributed by atoms with Crippen LogP contribution in [0.3, 0.4) is 0 Å². The van der Waals surface area contributed by atoms with E-state index in [1.165, 1.54) is 35.4 Å². The van der Waals surface area contributed by atoms with Crippen LogP contribution >= 0.6 is 0 Å². The van der Waals surface area contributed by atoms with Crippen LogP contribution in [0.4, 0.5) is 19.0 Å². The summed E-state index contributed by atoms with van der Waals surface area (Å²) >= 11 is 0. The summed E-state index contributed by atoms with van der Waals surface area (Å²) in [6.07, 6.45) is 1.88. The molecule has 0 saturated heterocycles. The third-order valence-corrected chi connectivity index (χ3v) is 6.27. The molecule has 14 heteroatoms. The van der Waals surface area contributed by atoms with Gasteiger partial charge in [-0.15, -0.1) is 0 Å². The van der Waals surface area contributed by atoms with Gasteiger partial charge in [-0.1, -0.05) is 12.1 Å². The minimum atomic E-state index is -4.41. The fraction of sp³-hybridized carbons (Fsp3) is 0.364. The van der Waals surface area contributed by atoms with E-state index in [-0.39, 0.29) is 36.4 Å². The molecule has 1 saturated carbocycles. The van der Waals surface area contributed by atoms with E-state index in [4.69, 9.17) is 5.14 Å². The summed E-state index contributed by atoms with van der Waals surface area (Å²) in [5.74, 6) is -0.107. The number of benzene rings is 1. The van der Waals surface area contributed by atoms with Crippen molar-refractivity contribution in [2.24, 2.45) is 11.1 Å². The SMILES string of the molecule is NS(=O)(=O)OCC1CCC(Nc2ncncc2C(=O)c2ccn(Cc3ccc(C(F)(F)F)cc3)n2)C1. The summed E-state index contributed by atoms with van der Waals surface area (Å²) in [4.78, 5) is 21.2. The average Bonchev–Trinajstić information content (AvgIpc) is 3.47. The molecule has 3 aromatic rings. The van der Waals surface area contributed by atoms with Crippen LogP contribution in [0.2, 0.25) is 0 Å². The van der Waals surface area contributed by atoms with Gasteiger partial charge in [0, 0.05) is 18.4 Å². The van der Waals surface area contributed by atoms with E-state index in [2.05, 4.69) is 24.6 Å². The van der Waals surface area contributed by atoms with Crippen LogP contribution in [0.25, 0.3) is 0 Å². The van der Waals surface area contributed by atoms with E-state index in [1.807, 2.05) is 0 Å². The Balaban J connectivity index is 1.41. The van der Waals surface area contributed by atoms with E-state index < -0.39 is 27.8 Å². The highest BCUT2D eigenvalue weighted by Gasteiger charge is 2.30. The molecule has 2 aromatic heterocycles. The van der Waals surface area contributed by atoms with Gasteiger partial charge in [-0.25, -0.2) is 15.1 Å². The van der Waals surface area contributed by atoms with E-state index in [9.17, 15) is 26.4 Å². The Labute approximate surface area is 205 Å². The largest absolute Gasteiger partial charge is 0.416 e. The number of hydrogen-bond acceptors (Lipinski definition) is 8. The molecule has 2 unspecified atom stereocenters. The second-order valence-corrected chi connectivity index (χ2v) is 9.73. The summed E-state index contributed by atoms with van der Waals surface area (Å²) in [5, 5.41) is 12.4. The first-order chi connectivity index (χ1) is 17.0. The maximum Gasteiger partial charge on any atom is 0.416 e. The lowest BCUT2D eigenvalue weighted by atomic mass is 10.1. The lowest BCUT2D eigenvalue weighted by Crippen LogP contribution is -2.22. The Morgan fingerprint density at radius 2 is 1.94 bits per heavy atom. The molecule has 2 heterocycles. The van der Waals surface area contributed by atoms with Crippen LogP contribution in [-0.4, -0.2) is 46.6 Å². The molecule has 1 aliphatic rings. The minimum Gasteiger partial charge on any atom is -0.367 e. The van der Waals surface area contributed by atoms with Gasteiger partial charge in [-0.05, 0) is 48.9 Å². The van der Waals surface area contributed by atoms with E-state index >= 15 is 0 Å². The zero-order chi connectivity index (χ0) is 25.9. The molecule has 36 heavy (non-hydrogen) atoms. The number of rotatable bonds is 9. The number of halogens is 3. The van der Waals surface area contributed by atoms with Gasteiger partial charge in [0.05, 0.1) is 24.3 Å².